The Bertz CT molecular complexity index is 678. The summed E-state index contributed by atoms with van der Waals surface area (Å²) < 4.78 is 5.26. The molecule has 5 nitrogen and oxygen atoms in total. The molecule has 1 saturated carbocycles. The first-order chi connectivity index (χ1) is 11.6. The molecule has 0 radical (unpaired) electrons. The molecule has 0 N–H and O–H groups in total. The summed E-state index contributed by atoms with van der Waals surface area (Å²) in [5, 5.41) is 4.64. The van der Waals surface area contributed by atoms with Crippen LogP contribution in [0.3, 0.4) is 0 Å². The quantitative estimate of drug-likeness (QED) is 0.816. The highest BCUT2D eigenvalue weighted by Crippen LogP contribution is 2.23. The van der Waals surface area contributed by atoms with E-state index in [1.165, 1.54) is 19.3 Å². The smallest absolute Gasteiger partial charge is 0.227 e. The van der Waals surface area contributed by atoms with Gasteiger partial charge in [0, 0.05) is 36.5 Å². The molecule has 128 valence electrons. The predicted molar refractivity (Wildman–Crippen MR) is 92.7 cm³/mol. The minimum absolute atomic E-state index is 0.146. The van der Waals surface area contributed by atoms with Gasteiger partial charge in [-0.05, 0) is 37.1 Å². The summed E-state index contributed by atoms with van der Waals surface area (Å²) in [5.74, 6) is 1.16. The maximum atomic E-state index is 12.4. The molecule has 1 aromatic carbocycles. The Morgan fingerprint density at radius 3 is 2.67 bits per heavy atom. The predicted octanol–water partition coefficient (Wildman–Crippen LogP) is 4.11. The highest BCUT2D eigenvalue weighted by molar-refractivity contribution is 6.30. The number of rotatable bonds is 5. The molecule has 1 heterocycles. The molecular formula is C18H22ClN3O2. The lowest BCUT2D eigenvalue weighted by molar-refractivity contribution is -0.132. The van der Waals surface area contributed by atoms with Crippen molar-refractivity contribution in [2.24, 2.45) is 0 Å². The second-order valence-corrected chi connectivity index (χ2v) is 6.75. The molecule has 1 fully saturated rings. The molecule has 0 aliphatic heterocycles. The van der Waals surface area contributed by atoms with E-state index in [-0.39, 0.29) is 5.91 Å². The summed E-state index contributed by atoms with van der Waals surface area (Å²) in [7, 11) is 1.91. The zero-order valence-electron chi connectivity index (χ0n) is 13.9. The molecule has 1 aromatic heterocycles. The summed E-state index contributed by atoms with van der Waals surface area (Å²) in [5.41, 5.74) is 0.847. The fraction of sp³-hybridized carbons (Fsp3) is 0.500. The van der Waals surface area contributed by atoms with E-state index >= 15 is 0 Å². The Morgan fingerprint density at radius 2 is 1.96 bits per heavy atom. The Balaban J connectivity index is 1.55. The van der Waals surface area contributed by atoms with Gasteiger partial charge in [-0.15, -0.1) is 0 Å². The van der Waals surface area contributed by atoms with Crippen LogP contribution in [0.5, 0.6) is 0 Å². The Labute approximate surface area is 147 Å². The van der Waals surface area contributed by atoms with Gasteiger partial charge in [-0.25, -0.2) is 0 Å². The number of hydrogen-bond donors (Lipinski definition) is 0. The van der Waals surface area contributed by atoms with Gasteiger partial charge in [0.15, 0.2) is 0 Å². The van der Waals surface area contributed by atoms with Crippen molar-refractivity contribution in [2.75, 3.05) is 7.05 Å². The van der Waals surface area contributed by atoms with Gasteiger partial charge in [-0.1, -0.05) is 36.0 Å². The summed E-state index contributed by atoms with van der Waals surface area (Å²) >= 11 is 5.88. The topological polar surface area (TPSA) is 59.2 Å². The molecular weight excluding hydrogens is 326 g/mol. The number of aryl methyl sites for hydroxylation is 1. The average Bonchev–Trinajstić information content (AvgIpc) is 3.09. The Kier molecular flexibility index (Phi) is 5.51. The summed E-state index contributed by atoms with van der Waals surface area (Å²) in [4.78, 5) is 18.6. The Hall–Kier alpha value is -1.88. The lowest BCUT2D eigenvalue weighted by atomic mass is 9.94. The van der Waals surface area contributed by atoms with E-state index < -0.39 is 0 Å². The molecule has 24 heavy (non-hydrogen) atoms. The van der Waals surface area contributed by atoms with E-state index in [0.717, 1.165) is 18.4 Å². The summed E-state index contributed by atoms with van der Waals surface area (Å²) in [6.45, 7) is 0. The van der Waals surface area contributed by atoms with Crippen LogP contribution in [-0.2, 0) is 11.2 Å². The summed E-state index contributed by atoms with van der Waals surface area (Å²) in [6, 6.07) is 7.65. The van der Waals surface area contributed by atoms with E-state index in [4.69, 9.17) is 16.1 Å². The van der Waals surface area contributed by atoms with Crippen LogP contribution in [0.15, 0.2) is 28.8 Å². The third-order valence-corrected chi connectivity index (χ3v) is 4.89. The van der Waals surface area contributed by atoms with E-state index in [9.17, 15) is 4.79 Å². The zero-order valence-corrected chi connectivity index (χ0v) is 14.6. The third-order valence-electron chi connectivity index (χ3n) is 4.64. The monoisotopic (exact) mass is 347 g/mol. The van der Waals surface area contributed by atoms with Crippen LogP contribution < -0.4 is 0 Å². The first-order valence-electron chi connectivity index (χ1n) is 8.47. The van der Waals surface area contributed by atoms with Crippen LogP contribution in [0.1, 0.15) is 44.4 Å². The van der Waals surface area contributed by atoms with Crippen molar-refractivity contribution in [3.05, 3.63) is 35.2 Å². The van der Waals surface area contributed by atoms with Crippen molar-refractivity contribution in [2.45, 2.75) is 51.0 Å². The number of amides is 1. The third kappa shape index (κ3) is 4.15. The molecule has 0 spiro atoms. The molecule has 0 unspecified atom stereocenters. The number of carbonyl (C=O) groups excluding carboxylic acids is 1. The lowest BCUT2D eigenvalue weighted by Crippen LogP contribution is -2.38. The molecule has 1 amide bonds. The summed E-state index contributed by atoms with van der Waals surface area (Å²) in [6.07, 6.45) is 6.82. The maximum Gasteiger partial charge on any atom is 0.227 e. The average molecular weight is 348 g/mol. The molecule has 0 saturated heterocycles. The van der Waals surface area contributed by atoms with Crippen LogP contribution in [0.4, 0.5) is 0 Å². The number of hydrogen-bond acceptors (Lipinski definition) is 4. The highest BCUT2D eigenvalue weighted by atomic mass is 35.5. The van der Waals surface area contributed by atoms with E-state index in [1.807, 2.05) is 24.1 Å². The molecule has 6 heteroatoms. The van der Waals surface area contributed by atoms with Crippen molar-refractivity contribution in [3.8, 4) is 11.4 Å². The van der Waals surface area contributed by atoms with Crippen LogP contribution in [0.2, 0.25) is 5.02 Å². The number of halogens is 1. The molecule has 3 rings (SSSR count). The minimum Gasteiger partial charge on any atom is -0.343 e. The minimum atomic E-state index is 0.146. The lowest BCUT2D eigenvalue weighted by Gasteiger charge is -2.31. The zero-order chi connectivity index (χ0) is 16.9. The van der Waals surface area contributed by atoms with E-state index in [2.05, 4.69) is 10.1 Å². The van der Waals surface area contributed by atoms with Crippen molar-refractivity contribution in [3.63, 3.8) is 0 Å². The highest BCUT2D eigenvalue weighted by Gasteiger charge is 2.22. The van der Waals surface area contributed by atoms with Gasteiger partial charge in [-0.2, -0.15) is 4.98 Å². The van der Waals surface area contributed by atoms with Crippen LogP contribution >= 0.6 is 11.6 Å². The second kappa shape index (κ2) is 7.79. The van der Waals surface area contributed by atoms with Crippen molar-refractivity contribution in [1.82, 2.24) is 15.0 Å². The largest absolute Gasteiger partial charge is 0.343 e. The number of carbonyl (C=O) groups is 1. The van der Waals surface area contributed by atoms with E-state index in [0.29, 0.717) is 35.6 Å². The van der Waals surface area contributed by atoms with Crippen molar-refractivity contribution < 1.29 is 9.32 Å². The number of aromatic nitrogens is 2. The van der Waals surface area contributed by atoms with Gasteiger partial charge in [0.1, 0.15) is 0 Å². The van der Waals surface area contributed by atoms with Gasteiger partial charge in [0.05, 0.1) is 0 Å². The van der Waals surface area contributed by atoms with Crippen molar-refractivity contribution in [1.29, 1.82) is 0 Å². The van der Waals surface area contributed by atoms with Crippen LogP contribution in [0, 0.1) is 0 Å². The molecule has 2 aromatic rings. The fourth-order valence-electron chi connectivity index (χ4n) is 3.13. The maximum absolute atomic E-state index is 12.4. The first-order valence-corrected chi connectivity index (χ1v) is 8.85. The Morgan fingerprint density at radius 1 is 1.25 bits per heavy atom. The van der Waals surface area contributed by atoms with Gasteiger partial charge >= 0.3 is 0 Å². The SMILES string of the molecule is CN(C(=O)CCc1nc(-c2ccc(Cl)cc2)no1)C1CCCCC1. The first kappa shape index (κ1) is 17.0. The number of benzene rings is 1. The normalized spacial score (nSPS) is 15.4. The van der Waals surface area contributed by atoms with Gasteiger partial charge in [0.2, 0.25) is 17.6 Å². The standard InChI is InChI=1S/C18H22ClN3O2/c1-22(15-5-3-2-4-6-15)17(23)12-11-16-20-18(21-24-16)13-7-9-14(19)10-8-13/h7-10,15H,2-6,11-12H2,1H3. The number of nitrogens with zero attached hydrogens (tertiary/aromatic N) is 3. The van der Waals surface area contributed by atoms with Crippen LogP contribution in [0.25, 0.3) is 11.4 Å². The van der Waals surface area contributed by atoms with Crippen molar-refractivity contribution >= 4 is 17.5 Å². The van der Waals surface area contributed by atoms with E-state index in [1.54, 1.807) is 12.1 Å². The molecule has 1 aliphatic rings. The molecule has 0 bridgehead atoms. The fourth-order valence-corrected chi connectivity index (χ4v) is 3.26. The van der Waals surface area contributed by atoms with Crippen LogP contribution in [-0.4, -0.2) is 34.0 Å². The van der Waals surface area contributed by atoms with Gasteiger partial charge in [0.25, 0.3) is 0 Å². The second-order valence-electron chi connectivity index (χ2n) is 6.32. The molecule has 1 aliphatic carbocycles. The molecule has 0 atom stereocenters. The van der Waals surface area contributed by atoms with Gasteiger partial charge in [-0.3, -0.25) is 4.79 Å². The van der Waals surface area contributed by atoms with Gasteiger partial charge < -0.3 is 9.42 Å².